The van der Waals surface area contributed by atoms with E-state index < -0.39 is 0 Å². The predicted molar refractivity (Wildman–Crippen MR) is 71.0 cm³/mol. The van der Waals surface area contributed by atoms with Crippen LogP contribution in [-0.2, 0) is 6.54 Å². The number of amidine groups is 1. The van der Waals surface area contributed by atoms with Crippen LogP contribution in [0.1, 0.15) is 5.56 Å². The molecule has 0 spiro atoms. The molecule has 2 amide bonds. The van der Waals surface area contributed by atoms with Crippen molar-refractivity contribution in [3.8, 4) is 0 Å². The number of nitrogens with zero attached hydrogens (tertiary/aromatic N) is 3. The molecule has 0 radical (unpaired) electrons. The van der Waals surface area contributed by atoms with Gasteiger partial charge in [0.2, 0.25) is 0 Å². The summed E-state index contributed by atoms with van der Waals surface area (Å²) in [5.74, 6) is 0.657. The van der Waals surface area contributed by atoms with Gasteiger partial charge in [-0.05, 0) is 5.56 Å². The Balaban J connectivity index is 2.07. The van der Waals surface area contributed by atoms with Gasteiger partial charge in [0.25, 0.3) is 0 Å². The highest BCUT2D eigenvalue weighted by molar-refractivity contribution is 8.13. The van der Waals surface area contributed by atoms with Crippen molar-refractivity contribution in [2.24, 2.45) is 4.99 Å². The van der Waals surface area contributed by atoms with E-state index in [0.29, 0.717) is 12.4 Å². The van der Waals surface area contributed by atoms with E-state index in [-0.39, 0.29) is 6.03 Å². The van der Waals surface area contributed by atoms with Gasteiger partial charge in [0.15, 0.2) is 5.17 Å². The summed E-state index contributed by atoms with van der Waals surface area (Å²) >= 11 is 1.58. The normalized spacial score (nSPS) is 18.9. The van der Waals surface area contributed by atoms with E-state index in [4.69, 9.17) is 0 Å². The molecule has 0 aliphatic carbocycles. The predicted octanol–water partition coefficient (Wildman–Crippen LogP) is 2.23. The van der Waals surface area contributed by atoms with E-state index in [1.807, 2.05) is 35.2 Å². The molecule has 90 valence electrons. The van der Waals surface area contributed by atoms with Crippen molar-refractivity contribution in [3.05, 3.63) is 35.9 Å². The van der Waals surface area contributed by atoms with E-state index in [1.54, 1.807) is 30.8 Å². The lowest BCUT2D eigenvalue weighted by atomic mass is 10.2. The van der Waals surface area contributed by atoms with Gasteiger partial charge >= 0.3 is 6.03 Å². The number of aliphatic imine (C=N–C) groups is 1. The van der Waals surface area contributed by atoms with Crippen molar-refractivity contribution in [2.45, 2.75) is 6.54 Å². The SMILES string of the molecule is C/N=C1\SCN(Cc2ccccc2)C(=O)N1C. The maximum Gasteiger partial charge on any atom is 0.326 e. The first-order chi connectivity index (χ1) is 8.22. The van der Waals surface area contributed by atoms with E-state index >= 15 is 0 Å². The average Bonchev–Trinajstić information content (AvgIpc) is 2.37. The Morgan fingerprint density at radius 1 is 1.35 bits per heavy atom. The molecular formula is C12H15N3OS. The summed E-state index contributed by atoms with van der Waals surface area (Å²) < 4.78 is 0. The van der Waals surface area contributed by atoms with Crippen LogP contribution in [0, 0.1) is 0 Å². The summed E-state index contributed by atoms with van der Waals surface area (Å²) in [6, 6.07) is 10.0. The van der Waals surface area contributed by atoms with Gasteiger partial charge in [-0.25, -0.2) is 4.79 Å². The first kappa shape index (κ1) is 12.0. The average molecular weight is 249 g/mol. The molecule has 1 saturated heterocycles. The van der Waals surface area contributed by atoms with Crippen LogP contribution in [0.25, 0.3) is 0 Å². The molecule has 1 aliphatic heterocycles. The van der Waals surface area contributed by atoms with Gasteiger partial charge in [-0.15, -0.1) is 0 Å². The number of hydrogen-bond acceptors (Lipinski definition) is 3. The summed E-state index contributed by atoms with van der Waals surface area (Å²) in [6.07, 6.45) is 0. The molecule has 0 unspecified atom stereocenters. The van der Waals surface area contributed by atoms with Crippen LogP contribution in [0.2, 0.25) is 0 Å². The maximum absolute atomic E-state index is 12.1. The highest BCUT2D eigenvalue weighted by Gasteiger charge is 2.27. The van der Waals surface area contributed by atoms with Gasteiger partial charge in [0, 0.05) is 20.6 Å². The van der Waals surface area contributed by atoms with E-state index in [1.165, 1.54) is 0 Å². The zero-order chi connectivity index (χ0) is 12.3. The van der Waals surface area contributed by atoms with Crippen molar-refractivity contribution in [2.75, 3.05) is 20.0 Å². The fourth-order valence-corrected chi connectivity index (χ4v) is 2.59. The Morgan fingerprint density at radius 2 is 2.06 bits per heavy atom. The summed E-state index contributed by atoms with van der Waals surface area (Å²) in [6.45, 7) is 0.647. The van der Waals surface area contributed by atoms with Crippen LogP contribution in [-0.4, -0.2) is 41.0 Å². The van der Waals surface area contributed by atoms with Crippen LogP contribution in [0.5, 0.6) is 0 Å². The van der Waals surface area contributed by atoms with Gasteiger partial charge in [-0.3, -0.25) is 9.89 Å². The third-order valence-electron chi connectivity index (χ3n) is 2.60. The molecule has 2 rings (SSSR count). The number of rotatable bonds is 2. The first-order valence-electron chi connectivity index (χ1n) is 5.38. The molecule has 1 heterocycles. The van der Waals surface area contributed by atoms with Crippen LogP contribution >= 0.6 is 11.8 Å². The second-order valence-corrected chi connectivity index (χ2v) is 4.72. The molecule has 0 atom stereocenters. The van der Waals surface area contributed by atoms with Gasteiger partial charge in [-0.2, -0.15) is 0 Å². The number of urea groups is 1. The monoisotopic (exact) mass is 249 g/mol. The molecule has 0 bridgehead atoms. The fraction of sp³-hybridized carbons (Fsp3) is 0.333. The Bertz CT molecular complexity index is 433. The molecule has 1 aromatic carbocycles. The number of amides is 2. The highest BCUT2D eigenvalue weighted by atomic mass is 32.2. The Kier molecular flexibility index (Phi) is 3.68. The molecule has 5 heteroatoms. The third-order valence-corrected chi connectivity index (χ3v) is 3.76. The molecule has 0 aromatic heterocycles. The molecule has 1 aromatic rings. The smallest absolute Gasteiger partial charge is 0.310 e. The molecule has 0 N–H and O–H groups in total. The first-order valence-corrected chi connectivity index (χ1v) is 6.37. The molecule has 1 fully saturated rings. The number of carbonyl (C=O) groups is 1. The van der Waals surface area contributed by atoms with Crippen LogP contribution < -0.4 is 0 Å². The lowest BCUT2D eigenvalue weighted by Gasteiger charge is -2.33. The maximum atomic E-state index is 12.1. The molecule has 4 nitrogen and oxygen atoms in total. The number of thioether (sulfide) groups is 1. The number of hydrogen-bond donors (Lipinski definition) is 0. The van der Waals surface area contributed by atoms with Gasteiger partial charge < -0.3 is 4.90 Å². The standard InChI is InChI=1S/C12H15N3OS/c1-13-11-14(2)12(16)15(9-17-11)8-10-6-4-3-5-7-10/h3-7H,8-9H2,1-2H3/b13-11-. The summed E-state index contributed by atoms with van der Waals surface area (Å²) in [7, 11) is 3.47. The summed E-state index contributed by atoms with van der Waals surface area (Å²) in [4.78, 5) is 19.5. The van der Waals surface area contributed by atoms with Crippen molar-refractivity contribution in [1.82, 2.24) is 9.80 Å². The van der Waals surface area contributed by atoms with Crippen molar-refractivity contribution >= 4 is 23.0 Å². The number of benzene rings is 1. The van der Waals surface area contributed by atoms with Crippen molar-refractivity contribution in [3.63, 3.8) is 0 Å². The van der Waals surface area contributed by atoms with Gasteiger partial charge in [-0.1, -0.05) is 42.1 Å². The highest BCUT2D eigenvalue weighted by Crippen LogP contribution is 2.20. The Morgan fingerprint density at radius 3 is 2.71 bits per heavy atom. The zero-order valence-corrected chi connectivity index (χ0v) is 10.8. The lowest BCUT2D eigenvalue weighted by molar-refractivity contribution is 0.186. The quantitative estimate of drug-likeness (QED) is 0.805. The van der Waals surface area contributed by atoms with E-state index in [9.17, 15) is 4.79 Å². The van der Waals surface area contributed by atoms with Crippen molar-refractivity contribution in [1.29, 1.82) is 0 Å². The lowest BCUT2D eigenvalue weighted by Crippen LogP contribution is -2.47. The second-order valence-electron chi connectivity index (χ2n) is 3.80. The Labute approximate surface area is 105 Å². The van der Waals surface area contributed by atoms with Crippen LogP contribution in [0.15, 0.2) is 35.3 Å². The zero-order valence-electron chi connectivity index (χ0n) is 9.96. The minimum atomic E-state index is 0.00760. The topological polar surface area (TPSA) is 35.9 Å². The molecular weight excluding hydrogens is 234 g/mol. The molecule has 1 aliphatic rings. The number of carbonyl (C=O) groups excluding carboxylic acids is 1. The van der Waals surface area contributed by atoms with Crippen LogP contribution in [0.3, 0.4) is 0 Å². The van der Waals surface area contributed by atoms with Crippen LogP contribution in [0.4, 0.5) is 4.79 Å². The summed E-state index contributed by atoms with van der Waals surface area (Å²) in [5, 5.41) is 0.777. The minimum absolute atomic E-state index is 0.00760. The van der Waals surface area contributed by atoms with E-state index in [0.717, 1.165) is 10.7 Å². The fourth-order valence-electron chi connectivity index (χ4n) is 1.71. The summed E-state index contributed by atoms with van der Waals surface area (Å²) in [5.41, 5.74) is 1.15. The van der Waals surface area contributed by atoms with Gasteiger partial charge in [0.05, 0.1) is 5.88 Å². The third kappa shape index (κ3) is 2.61. The van der Waals surface area contributed by atoms with E-state index in [2.05, 4.69) is 4.99 Å². The Hall–Kier alpha value is -1.49. The second kappa shape index (κ2) is 5.23. The molecule has 17 heavy (non-hydrogen) atoms. The minimum Gasteiger partial charge on any atom is -0.310 e. The largest absolute Gasteiger partial charge is 0.326 e. The van der Waals surface area contributed by atoms with Crippen molar-refractivity contribution < 1.29 is 4.79 Å². The molecule has 0 saturated carbocycles. The van der Waals surface area contributed by atoms with Gasteiger partial charge in [0.1, 0.15) is 0 Å².